The molecular formula is C14H24N2O3. The van der Waals surface area contributed by atoms with Crippen molar-refractivity contribution < 1.29 is 14.7 Å². The summed E-state index contributed by atoms with van der Waals surface area (Å²) in [6.07, 6.45) is 4.86. The van der Waals surface area contributed by atoms with Crippen molar-refractivity contribution in [2.24, 2.45) is 23.5 Å². The first-order valence-corrected chi connectivity index (χ1v) is 7.30. The molecule has 0 aliphatic heterocycles. The lowest BCUT2D eigenvalue weighted by atomic mass is 9.84. The highest BCUT2D eigenvalue weighted by Crippen LogP contribution is 2.47. The number of amides is 1. The standard InChI is InChI=1S/C14H24N2O3/c1-2-3-10(7-11(17)18)16-14(19)12-8-4-5-9(6-8)13(12)15/h8-10,12-13H,2-7,15H2,1H3,(H,16,19)(H,17,18). The van der Waals surface area contributed by atoms with Crippen molar-refractivity contribution in [1.82, 2.24) is 5.32 Å². The molecule has 0 heterocycles. The number of hydrogen-bond acceptors (Lipinski definition) is 3. The van der Waals surface area contributed by atoms with Gasteiger partial charge in [0.2, 0.25) is 5.91 Å². The molecule has 2 aliphatic carbocycles. The van der Waals surface area contributed by atoms with Crippen molar-refractivity contribution in [2.75, 3.05) is 0 Å². The van der Waals surface area contributed by atoms with E-state index in [2.05, 4.69) is 5.32 Å². The second-order valence-electron chi connectivity index (χ2n) is 6.03. The van der Waals surface area contributed by atoms with E-state index >= 15 is 0 Å². The first kappa shape index (κ1) is 14.3. The molecule has 5 nitrogen and oxygen atoms in total. The minimum atomic E-state index is -0.865. The molecule has 5 unspecified atom stereocenters. The molecule has 19 heavy (non-hydrogen) atoms. The monoisotopic (exact) mass is 268 g/mol. The molecule has 0 spiro atoms. The van der Waals surface area contributed by atoms with Crippen LogP contribution in [0.2, 0.25) is 0 Å². The molecule has 2 saturated carbocycles. The molecular weight excluding hydrogens is 244 g/mol. The van der Waals surface area contributed by atoms with Gasteiger partial charge >= 0.3 is 5.97 Å². The summed E-state index contributed by atoms with van der Waals surface area (Å²) >= 11 is 0. The molecule has 0 aromatic rings. The van der Waals surface area contributed by atoms with Gasteiger partial charge in [-0.1, -0.05) is 13.3 Å². The van der Waals surface area contributed by atoms with E-state index in [1.165, 1.54) is 0 Å². The van der Waals surface area contributed by atoms with Crippen molar-refractivity contribution in [3.8, 4) is 0 Å². The molecule has 0 aromatic heterocycles. The van der Waals surface area contributed by atoms with Crippen molar-refractivity contribution in [3.05, 3.63) is 0 Å². The second kappa shape index (κ2) is 5.90. The zero-order valence-electron chi connectivity index (χ0n) is 11.5. The van der Waals surface area contributed by atoms with Crippen molar-refractivity contribution in [2.45, 2.75) is 57.5 Å². The van der Waals surface area contributed by atoms with E-state index in [1.807, 2.05) is 6.92 Å². The van der Waals surface area contributed by atoms with Gasteiger partial charge in [-0.3, -0.25) is 9.59 Å². The molecule has 5 heteroatoms. The van der Waals surface area contributed by atoms with Crippen LogP contribution in [0.3, 0.4) is 0 Å². The van der Waals surface area contributed by atoms with Crippen LogP contribution in [-0.2, 0) is 9.59 Å². The van der Waals surface area contributed by atoms with Crippen molar-refractivity contribution in [3.63, 3.8) is 0 Å². The molecule has 0 radical (unpaired) electrons. The second-order valence-corrected chi connectivity index (χ2v) is 6.03. The van der Waals surface area contributed by atoms with Gasteiger partial charge in [0.15, 0.2) is 0 Å². The van der Waals surface area contributed by atoms with Gasteiger partial charge in [-0.2, -0.15) is 0 Å². The maximum atomic E-state index is 12.3. The number of nitrogens with one attached hydrogen (secondary N) is 1. The average Bonchev–Trinajstić information content (AvgIpc) is 2.88. The summed E-state index contributed by atoms with van der Waals surface area (Å²) < 4.78 is 0. The normalized spacial score (nSPS) is 34.2. The quantitative estimate of drug-likeness (QED) is 0.673. The van der Waals surface area contributed by atoms with Crippen LogP contribution in [0.1, 0.15) is 45.4 Å². The van der Waals surface area contributed by atoms with Gasteiger partial charge in [-0.15, -0.1) is 0 Å². The predicted octanol–water partition coefficient (Wildman–Crippen LogP) is 1.12. The molecule has 4 N–H and O–H groups in total. The topological polar surface area (TPSA) is 92.4 Å². The number of aliphatic carboxylic acids is 1. The van der Waals surface area contributed by atoms with Gasteiger partial charge in [-0.25, -0.2) is 0 Å². The predicted molar refractivity (Wildman–Crippen MR) is 71.4 cm³/mol. The van der Waals surface area contributed by atoms with Gasteiger partial charge in [-0.05, 0) is 37.5 Å². The third-order valence-corrected chi connectivity index (χ3v) is 4.69. The molecule has 0 aromatic carbocycles. The molecule has 2 bridgehead atoms. The number of carbonyl (C=O) groups excluding carboxylic acids is 1. The lowest BCUT2D eigenvalue weighted by Gasteiger charge is -2.28. The van der Waals surface area contributed by atoms with Crippen LogP contribution in [0.15, 0.2) is 0 Å². The van der Waals surface area contributed by atoms with Gasteiger partial charge in [0, 0.05) is 12.1 Å². The molecule has 0 saturated heterocycles. The van der Waals surface area contributed by atoms with Gasteiger partial charge in [0.05, 0.1) is 12.3 Å². The minimum Gasteiger partial charge on any atom is -0.481 e. The zero-order chi connectivity index (χ0) is 14.0. The Bertz CT molecular complexity index is 357. The van der Waals surface area contributed by atoms with Crippen molar-refractivity contribution in [1.29, 1.82) is 0 Å². The molecule has 2 aliphatic rings. The average molecular weight is 268 g/mol. The first-order valence-electron chi connectivity index (χ1n) is 7.30. The van der Waals surface area contributed by atoms with Gasteiger partial charge < -0.3 is 16.2 Å². The molecule has 2 fully saturated rings. The van der Waals surface area contributed by atoms with E-state index in [0.717, 1.165) is 25.7 Å². The highest BCUT2D eigenvalue weighted by Gasteiger charge is 2.49. The number of carboxylic acids is 1. The third-order valence-electron chi connectivity index (χ3n) is 4.69. The number of carbonyl (C=O) groups is 2. The van der Waals surface area contributed by atoms with E-state index in [0.29, 0.717) is 18.3 Å². The van der Waals surface area contributed by atoms with Crippen molar-refractivity contribution >= 4 is 11.9 Å². The summed E-state index contributed by atoms with van der Waals surface area (Å²) in [5.41, 5.74) is 6.14. The van der Waals surface area contributed by atoms with Crippen LogP contribution in [0.4, 0.5) is 0 Å². The molecule has 2 rings (SSSR count). The van der Waals surface area contributed by atoms with Crippen LogP contribution < -0.4 is 11.1 Å². The summed E-state index contributed by atoms with van der Waals surface area (Å²) in [5.74, 6) is -0.0979. The van der Waals surface area contributed by atoms with Gasteiger partial charge in [0.1, 0.15) is 0 Å². The Kier molecular flexibility index (Phi) is 4.45. The number of carboxylic acid groups (broad SMARTS) is 1. The number of fused-ring (bicyclic) bond motifs is 2. The third kappa shape index (κ3) is 3.08. The lowest BCUT2D eigenvalue weighted by molar-refractivity contribution is -0.138. The number of rotatable bonds is 6. The van der Waals surface area contributed by atoms with Gasteiger partial charge in [0.25, 0.3) is 0 Å². The zero-order valence-corrected chi connectivity index (χ0v) is 11.5. The van der Waals surface area contributed by atoms with E-state index in [9.17, 15) is 9.59 Å². The van der Waals surface area contributed by atoms with Crippen LogP contribution in [0.25, 0.3) is 0 Å². The lowest BCUT2D eigenvalue weighted by Crippen LogP contribution is -2.48. The van der Waals surface area contributed by atoms with E-state index in [4.69, 9.17) is 10.8 Å². The Morgan fingerprint density at radius 3 is 2.58 bits per heavy atom. The van der Waals surface area contributed by atoms with Crippen LogP contribution >= 0.6 is 0 Å². The molecule has 108 valence electrons. The Hall–Kier alpha value is -1.10. The Morgan fingerprint density at radius 2 is 2.05 bits per heavy atom. The summed E-state index contributed by atoms with van der Waals surface area (Å²) in [4.78, 5) is 23.1. The van der Waals surface area contributed by atoms with Crippen LogP contribution in [0.5, 0.6) is 0 Å². The fraction of sp³-hybridized carbons (Fsp3) is 0.857. The first-order chi connectivity index (χ1) is 9.02. The summed E-state index contributed by atoms with van der Waals surface area (Å²) in [6.45, 7) is 1.99. The Labute approximate surface area is 113 Å². The van der Waals surface area contributed by atoms with E-state index in [1.54, 1.807) is 0 Å². The number of nitrogens with two attached hydrogens (primary N) is 1. The fourth-order valence-corrected chi connectivity index (χ4v) is 3.81. The molecule has 5 atom stereocenters. The van der Waals surface area contributed by atoms with E-state index < -0.39 is 5.97 Å². The SMILES string of the molecule is CCCC(CC(=O)O)NC(=O)C1C2CCC(C2)C1N. The maximum absolute atomic E-state index is 12.3. The minimum absolute atomic E-state index is 0.00433. The Morgan fingerprint density at radius 1 is 1.37 bits per heavy atom. The summed E-state index contributed by atoms with van der Waals surface area (Å²) in [6, 6.07) is -0.299. The fourth-order valence-electron chi connectivity index (χ4n) is 3.81. The summed E-state index contributed by atoms with van der Waals surface area (Å²) in [5, 5.41) is 11.8. The highest BCUT2D eigenvalue weighted by molar-refractivity contribution is 5.81. The summed E-state index contributed by atoms with van der Waals surface area (Å²) in [7, 11) is 0. The smallest absolute Gasteiger partial charge is 0.305 e. The maximum Gasteiger partial charge on any atom is 0.305 e. The van der Waals surface area contributed by atoms with E-state index in [-0.39, 0.29) is 30.3 Å². The highest BCUT2D eigenvalue weighted by atomic mass is 16.4. The molecule has 1 amide bonds. The van der Waals surface area contributed by atoms with Crippen LogP contribution in [0, 0.1) is 17.8 Å². The number of hydrogen-bond donors (Lipinski definition) is 3. The Balaban J connectivity index is 1.93. The van der Waals surface area contributed by atoms with Crippen LogP contribution in [-0.4, -0.2) is 29.1 Å². The largest absolute Gasteiger partial charge is 0.481 e.